The second kappa shape index (κ2) is 7.96. The predicted molar refractivity (Wildman–Crippen MR) is 115 cm³/mol. The number of hydrogen-bond acceptors (Lipinski definition) is 5. The van der Waals surface area contributed by atoms with Gasteiger partial charge in [-0.15, -0.1) is 12.4 Å². The summed E-state index contributed by atoms with van der Waals surface area (Å²) < 4.78 is 12.3. The van der Waals surface area contributed by atoms with Crippen LogP contribution in [0.2, 0.25) is 0 Å². The van der Waals surface area contributed by atoms with Gasteiger partial charge in [0.05, 0.1) is 5.69 Å². The van der Waals surface area contributed by atoms with Crippen LogP contribution in [0.3, 0.4) is 0 Å². The Morgan fingerprint density at radius 3 is 2.80 bits per heavy atom. The van der Waals surface area contributed by atoms with Crippen molar-refractivity contribution in [2.24, 2.45) is 5.41 Å². The lowest BCUT2D eigenvalue weighted by atomic mass is 9.79. The molecular formula is C22H26ClN3O4. The van der Waals surface area contributed by atoms with Crippen molar-refractivity contribution < 1.29 is 14.3 Å². The van der Waals surface area contributed by atoms with Crippen LogP contribution in [0.5, 0.6) is 11.5 Å². The molecule has 1 spiro atoms. The molecule has 160 valence electrons. The summed E-state index contributed by atoms with van der Waals surface area (Å²) >= 11 is 0. The maximum atomic E-state index is 13.4. The number of halogens is 1. The Bertz CT molecular complexity index is 1030. The highest BCUT2D eigenvalue weighted by molar-refractivity contribution is 5.95. The van der Waals surface area contributed by atoms with E-state index in [1.165, 1.54) is 4.57 Å². The molecule has 1 atom stereocenters. The molecule has 1 aromatic carbocycles. The fourth-order valence-corrected chi connectivity index (χ4v) is 4.81. The van der Waals surface area contributed by atoms with Crippen LogP contribution < -0.4 is 20.3 Å². The van der Waals surface area contributed by atoms with Crippen LogP contribution >= 0.6 is 12.4 Å². The Balaban J connectivity index is 0.00000218. The first-order chi connectivity index (χ1) is 14.1. The molecule has 7 nitrogen and oxygen atoms in total. The van der Waals surface area contributed by atoms with Crippen molar-refractivity contribution in [3.8, 4) is 17.2 Å². The summed E-state index contributed by atoms with van der Waals surface area (Å²) in [7, 11) is 0. The van der Waals surface area contributed by atoms with Crippen molar-refractivity contribution in [2.75, 3.05) is 33.0 Å². The highest BCUT2D eigenvalue weighted by Gasteiger charge is 2.40. The number of nitrogens with zero attached hydrogens (tertiary/aromatic N) is 2. The summed E-state index contributed by atoms with van der Waals surface area (Å²) in [5.74, 6) is 1.11. The largest absolute Gasteiger partial charge is 0.454 e. The highest BCUT2D eigenvalue weighted by atomic mass is 35.5. The first-order valence-electron chi connectivity index (χ1n) is 10.2. The molecule has 3 aliphatic heterocycles. The molecule has 1 N–H and O–H groups in total. The van der Waals surface area contributed by atoms with Gasteiger partial charge >= 0.3 is 0 Å². The van der Waals surface area contributed by atoms with E-state index in [9.17, 15) is 9.59 Å². The number of carbonyl (C=O) groups excluding carboxylic acids is 1. The zero-order chi connectivity index (χ0) is 20.0. The van der Waals surface area contributed by atoms with Gasteiger partial charge in [0, 0.05) is 37.3 Å². The number of hydrogen-bond donors (Lipinski definition) is 1. The highest BCUT2D eigenvalue weighted by Crippen LogP contribution is 2.36. The fourth-order valence-electron chi connectivity index (χ4n) is 4.81. The summed E-state index contributed by atoms with van der Waals surface area (Å²) in [6, 6.07) is 7.19. The quantitative estimate of drug-likeness (QED) is 0.791. The molecule has 2 aromatic rings. The van der Waals surface area contributed by atoms with Crippen LogP contribution in [0.15, 0.2) is 35.3 Å². The van der Waals surface area contributed by atoms with Crippen molar-refractivity contribution >= 4 is 18.3 Å². The lowest BCUT2D eigenvalue weighted by Gasteiger charge is -2.40. The zero-order valence-electron chi connectivity index (χ0n) is 17.0. The van der Waals surface area contributed by atoms with E-state index in [0.29, 0.717) is 29.3 Å². The van der Waals surface area contributed by atoms with Crippen molar-refractivity contribution in [2.45, 2.75) is 26.2 Å². The van der Waals surface area contributed by atoms with Gasteiger partial charge in [-0.25, -0.2) is 0 Å². The number of amides is 1. The van der Waals surface area contributed by atoms with Crippen molar-refractivity contribution in [3.63, 3.8) is 0 Å². The van der Waals surface area contributed by atoms with Gasteiger partial charge in [0.2, 0.25) is 6.79 Å². The Hall–Kier alpha value is -2.51. The molecular weight excluding hydrogens is 406 g/mol. The van der Waals surface area contributed by atoms with E-state index < -0.39 is 0 Å². The molecule has 2 saturated heterocycles. The van der Waals surface area contributed by atoms with Crippen LogP contribution in [-0.4, -0.2) is 48.3 Å². The smallest absolute Gasteiger partial charge is 0.268 e. The normalized spacial score (nSPS) is 22.2. The minimum absolute atomic E-state index is 0. The number of nitrogens with one attached hydrogen (secondary N) is 1. The molecule has 0 bridgehead atoms. The molecule has 0 aliphatic carbocycles. The number of benzene rings is 1. The van der Waals surface area contributed by atoms with E-state index in [1.54, 1.807) is 24.4 Å². The summed E-state index contributed by atoms with van der Waals surface area (Å²) in [6.07, 6.45) is 4.92. The number of piperidine rings is 1. The molecule has 1 aromatic heterocycles. The van der Waals surface area contributed by atoms with Gasteiger partial charge in [0.15, 0.2) is 11.5 Å². The van der Waals surface area contributed by atoms with E-state index >= 15 is 0 Å². The van der Waals surface area contributed by atoms with Gasteiger partial charge < -0.3 is 19.7 Å². The lowest BCUT2D eigenvalue weighted by Crippen LogP contribution is -2.48. The molecule has 2 fully saturated rings. The fraction of sp³-hybridized carbons (Fsp3) is 0.455. The van der Waals surface area contributed by atoms with Gasteiger partial charge in [0.1, 0.15) is 5.56 Å². The van der Waals surface area contributed by atoms with Gasteiger partial charge in [-0.1, -0.05) is 0 Å². The maximum absolute atomic E-state index is 13.4. The van der Waals surface area contributed by atoms with E-state index in [4.69, 9.17) is 9.47 Å². The molecule has 1 amide bonds. The second-order valence-electron chi connectivity index (χ2n) is 8.34. The Morgan fingerprint density at radius 1 is 1.17 bits per heavy atom. The Morgan fingerprint density at radius 2 is 2.00 bits per heavy atom. The SMILES string of the molecule is Cc1ccn(-c2ccc3c(c2)OCO3)c(=O)c1C(=O)N1CCCC2(CCNC2)C1.Cl. The standard InChI is InChI=1S/C22H25N3O4.ClH/c1-15-5-10-25(16-3-4-17-18(11-16)29-14-28-17)21(27)19(15)20(26)24-9-2-6-22(13-24)7-8-23-12-22;/h3-5,10-11,23H,2,6-9,12-14H2,1H3;1H. The summed E-state index contributed by atoms with van der Waals surface area (Å²) in [5, 5.41) is 3.43. The topological polar surface area (TPSA) is 72.8 Å². The van der Waals surface area contributed by atoms with Crippen LogP contribution in [-0.2, 0) is 0 Å². The third-order valence-electron chi connectivity index (χ3n) is 6.43. The molecule has 30 heavy (non-hydrogen) atoms. The van der Waals surface area contributed by atoms with Crippen LogP contribution in [0, 0.1) is 12.3 Å². The molecule has 1 unspecified atom stereocenters. The van der Waals surface area contributed by atoms with Gasteiger partial charge in [0.25, 0.3) is 11.5 Å². The van der Waals surface area contributed by atoms with Crippen molar-refractivity contribution in [1.82, 2.24) is 14.8 Å². The average Bonchev–Trinajstić information content (AvgIpc) is 3.37. The Kier molecular flexibility index (Phi) is 5.51. The maximum Gasteiger partial charge on any atom is 0.268 e. The molecule has 8 heteroatoms. The Labute approximate surface area is 181 Å². The van der Waals surface area contributed by atoms with E-state index in [1.807, 2.05) is 17.9 Å². The minimum atomic E-state index is -0.293. The van der Waals surface area contributed by atoms with E-state index in [2.05, 4.69) is 5.32 Å². The second-order valence-corrected chi connectivity index (χ2v) is 8.34. The van der Waals surface area contributed by atoms with Crippen LogP contribution in [0.1, 0.15) is 35.2 Å². The number of ether oxygens (including phenoxy) is 2. The van der Waals surface area contributed by atoms with E-state index in [0.717, 1.165) is 38.9 Å². The number of likely N-dealkylation sites (tertiary alicyclic amines) is 1. The van der Waals surface area contributed by atoms with Crippen molar-refractivity contribution in [3.05, 3.63) is 51.9 Å². The van der Waals surface area contributed by atoms with Gasteiger partial charge in [-0.2, -0.15) is 0 Å². The molecule has 4 heterocycles. The van der Waals surface area contributed by atoms with Crippen LogP contribution in [0.4, 0.5) is 0 Å². The first kappa shape index (κ1) is 20.8. The molecule has 3 aliphatic rings. The van der Waals surface area contributed by atoms with Crippen molar-refractivity contribution in [1.29, 1.82) is 0 Å². The molecule has 0 saturated carbocycles. The average molecular weight is 432 g/mol. The molecule has 5 rings (SSSR count). The number of pyridine rings is 1. The third kappa shape index (κ3) is 3.46. The van der Waals surface area contributed by atoms with Crippen LogP contribution in [0.25, 0.3) is 5.69 Å². The minimum Gasteiger partial charge on any atom is -0.454 e. The summed E-state index contributed by atoms with van der Waals surface area (Å²) in [6.45, 7) is 5.39. The number of aryl methyl sites for hydroxylation is 1. The number of carbonyl (C=O) groups is 1. The van der Waals surface area contributed by atoms with Gasteiger partial charge in [-0.05, 0) is 56.5 Å². The monoisotopic (exact) mass is 431 g/mol. The van der Waals surface area contributed by atoms with E-state index in [-0.39, 0.29) is 41.6 Å². The molecule has 0 radical (unpaired) electrons. The number of rotatable bonds is 2. The third-order valence-corrected chi connectivity index (χ3v) is 6.43. The number of aromatic nitrogens is 1. The summed E-state index contributed by atoms with van der Waals surface area (Å²) in [5.41, 5.74) is 1.49. The lowest BCUT2D eigenvalue weighted by molar-refractivity contribution is 0.0550. The number of fused-ring (bicyclic) bond motifs is 1. The summed E-state index contributed by atoms with van der Waals surface area (Å²) in [4.78, 5) is 28.6. The predicted octanol–water partition coefficient (Wildman–Crippen LogP) is 2.51. The van der Waals surface area contributed by atoms with Gasteiger partial charge in [-0.3, -0.25) is 14.2 Å². The zero-order valence-corrected chi connectivity index (χ0v) is 17.8. The first-order valence-corrected chi connectivity index (χ1v) is 10.2.